The number of hydrogen-bond donors (Lipinski definition) is 2. The third-order valence-corrected chi connectivity index (χ3v) is 5.37. The van der Waals surface area contributed by atoms with E-state index in [4.69, 9.17) is 10.3 Å². The fraction of sp³-hybridized carbons (Fsp3) is 0.625. The Bertz CT molecular complexity index is 587. The summed E-state index contributed by atoms with van der Waals surface area (Å²) in [6, 6.07) is 4.33. The van der Waals surface area contributed by atoms with E-state index in [1.165, 1.54) is 19.3 Å². The SMILES string of the molecule is NCc1nc(CN2CCCCCC2CC(O)c2cccs2)no1. The Morgan fingerprint density at radius 2 is 2.35 bits per heavy atom. The molecule has 6 nitrogen and oxygen atoms in total. The minimum atomic E-state index is -0.398. The van der Waals surface area contributed by atoms with E-state index in [-0.39, 0.29) is 6.54 Å². The number of aliphatic hydroxyl groups excluding tert-OH is 1. The zero-order chi connectivity index (χ0) is 16.1. The van der Waals surface area contributed by atoms with Gasteiger partial charge in [0.1, 0.15) is 0 Å². The first-order valence-electron chi connectivity index (χ1n) is 8.23. The Hall–Kier alpha value is -1.28. The van der Waals surface area contributed by atoms with Gasteiger partial charge >= 0.3 is 0 Å². The molecule has 2 aromatic heterocycles. The summed E-state index contributed by atoms with van der Waals surface area (Å²) in [6.45, 7) is 1.94. The summed E-state index contributed by atoms with van der Waals surface area (Å²) in [7, 11) is 0. The second-order valence-electron chi connectivity index (χ2n) is 6.05. The Balaban J connectivity index is 1.66. The maximum Gasteiger partial charge on any atom is 0.240 e. The van der Waals surface area contributed by atoms with Crippen LogP contribution in [-0.4, -0.2) is 32.7 Å². The molecule has 0 aliphatic carbocycles. The van der Waals surface area contributed by atoms with Crippen LogP contribution in [-0.2, 0) is 13.1 Å². The van der Waals surface area contributed by atoms with E-state index in [9.17, 15) is 5.11 Å². The number of rotatable bonds is 6. The van der Waals surface area contributed by atoms with E-state index in [1.54, 1.807) is 11.3 Å². The van der Waals surface area contributed by atoms with Gasteiger partial charge in [-0.2, -0.15) is 4.98 Å². The summed E-state index contributed by atoms with van der Waals surface area (Å²) in [5, 5.41) is 16.5. The number of nitrogens with two attached hydrogens (primary N) is 1. The molecule has 2 aromatic rings. The second kappa shape index (κ2) is 8.01. The van der Waals surface area contributed by atoms with E-state index in [0.29, 0.717) is 24.3 Å². The van der Waals surface area contributed by atoms with Gasteiger partial charge in [-0.25, -0.2) is 0 Å². The maximum absolute atomic E-state index is 10.5. The van der Waals surface area contributed by atoms with Crippen LogP contribution in [0.2, 0.25) is 0 Å². The average molecular weight is 336 g/mol. The molecule has 2 atom stereocenters. The monoisotopic (exact) mass is 336 g/mol. The molecule has 1 aliphatic rings. The van der Waals surface area contributed by atoms with Crippen molar-refractivity contribution in [1.29, 1.82) is 0 Å². The van der Waals surface area contributed by atoms with E-state index in [1.807, 2.05) is 17.5 Å². The molecular weight excluding hydrogens is 312 g/mol. The Morgan fingerprint density at radius 3 is 3.09 bits per heavy atom. The van der Waals surface area contributed by atoms with Crippen molar-refractivity contribution >= 4 is 11.3 Å². The van der Waals surface area contributed by atoms with Crippen LogP contribution in [0, 0.1) is 0 Å². The zero-order valence-electron chi connectivity index (χ0n) is 13.2. The Labute approximate surface area is 140 Å². The molecule has 2 unspecified atom stereocenters. The molecule has 23 heavy (non-hydrogen) atoms. The van der Waals surface area contributed by atoms with Crippen LogP contribution in [0.4, 0.5) is 0 Å². The minimum absolute atomic E-state index is 0.271. The van der Waals surface area contributed by atoms with Crippen LogP contribution < -0.4 is 5.73 Å². The van der Waals surface area contributed by atoms with Gasteiger partial charge in [-0.3, -0.25) is 4.90 Å². The molecule has 1 aliphatic heterocycles. The van der Waals surface area contributed by atoms with Crippen molar-refractivity contribution in [2.75, 3.05) is 6.54 Å². The van der Waals surface area contributed by atoms with Gasteiger partial charge in [-0.05, 0) is 37.3 Å². The van der Waals surface area contributed by atoms with Gasteiger partial charge in [-0.1, -0.05) is 24.1 Å². The van der Waals surface area contributed by atoms with Crippen molar-refractivity contribution in [1.82, 2.24) is 15.0 Å². The highest BCUT2D eigenvalue weighted by atomic mass is 32.1. The first-order chi connectivity index (χ1) is 11.3. The highest BCUT2D eigenvalue weighted by molar-refractivity contribution is 7.10. The fourth-order valence-electron chi connectivity index (χ4n) is 3.19. The summed E-state index contributed by atoms with van der Waals surface area (Å²) in [4.78, 5) is 7.74. The van der Waals surface area contributed by atoms with Crippen molar-refractivity contribution < 1.29 is 9.63 Å². The number of hydrogen-bond acceptors (Lipinski definition) is 7. The smallest absolute Gasteiger partial charge is 0.240 e. The van der Waals surface area contributed by atoms with Crippen LogP contribution in [0.1, 0.15) is 54.8 Å². The summed E-state index contributed by atoms with van der Waals surface area (Å²) < 4.78 is 5.10. The predicted molar refractivity (Wildman–Crippen MR) is 88.8 cm³/mol. The predicted octanol–water partition coefficient (Wildman–Crippen LogP) is 2.46. The lowest BCUT2D eigenvalue weighted by Crippen LogP contribution is -2.35. The molecule has 3 N–H and O–H groups in total. The number of aromatic nitrogens is 2. The molecule has 0 amide bonds. The second-order valence-corrected chi connectivity index (χ2v) is 7.03. The maximum atomic E-state index is 10.5. The van der Waals surface area contributed by atoms with Gasteiger partial charge in [0.15, 0.2) is 5.82 Å². The minimum Gasteiger partial charge on any atom is -0.388 e. The summed E-state index contributed by atoms with van der Waals surface area (Å²) in [6.07, 6.45) is 5.07. The van der Waals surface area contributed by atoms with Crippen molar-refractivity contribution in [3.8, 4) is 0 Å². The quantitative estimate of drug-likeness (QED) is 0.842. The molecule has 0 aromatic carbocycles. The van der Waals surface area contributed by atoms with Gasteiger partial charge < -0.3 is 15.4 Å². The first-order valence-corrected chi connectivity index (χ1v) is 9.11. The molecule has 7 heteroatoms. The number of aliphatic hydroxyl groups is 1. The zero-order valence-corrected chi connectivity index (χ0v) is 14.0. The summed E-state index contributed by atoms with van der Waals surface area (Å²) in [5.74, 6) is 1.16. The fourth-order valence-corrected chi connectivity index (χ4v) is 3.91. The van der Waals surface area contributed by atoms with Crippen LogP contribution in [0.3, 0.4) is 0 Å². The Kier molecular flexibility index (Phi) is 5.77. The van der Waals surface area contributed by atoms with Gasteiger partial charge in [0, 0.05) is 10.9 Å². The molecule has 0 bridgehead atoms. The lowest BCUT2D eigenvalue weighted by atomic mass is 10.0. The third kappa shape index (κ3) is 4.38. The average Bonchev–Trinajstić information content (AvgIpc) is 3.19. The van der Waals surface area contributed by atoms with Crippen LogP contribution in [0.5, 0.6) is 0 Å². The molecule has 1 saturated heterocycles. The normalized spacial score (nSPS) is 21.2. The van der Waals surface area contributed by atoms with Crippen molar-refractivity contribution in [2.45, 2.75) is 57.3 Å². The van der Waals surface area contributed by atoms with Crippen LogP contribution in [0.15, 0.2) is 22.0 Å². The summed E-state index contributed by atoms with van der Waals surface area (Å²) >= 11 is 1.61. The lowest BCUT2D eigenvalue weighted by molar-refractivity contribution is 0.0976. The molecule has 3 rings (SSSR count). The van der Waals surface area contributed by atoms with Gasteiger partial charge in [0.05, 0.1) is 19.2 Å². The lowest BCUT2D eigenvalue weighted by Gasteiger charge is -2.30. The topological polar surface area (TPSA) is 88.4 Å². The molecule has 1 fully saturated rings. The molecule has 0 spiro atoms. The summed E-state index contributed by atoms with van der Waals surface area (Å²) in [5.41, 5.74) is 5.53. The number of nitrogens with zero attached hydrogens (tertiary/aromatic N) is 3. The van der Waals surface area contributed by atoms with Gasteiger partial charge in [-0.15, -0.1) is 11.3 Å². The third-order valence-electron chi connectivity index (χ3n) is 4.40. The molecular formula is C16H24N4O2S. The molecule has 0 radical (unpaired) electrons. The van der Waals surface area contributed by atoms with Gasteiger partial charge in [0.2, 0.25) is 5.89 Å². The number of likely N-dealkylation sites (tertiary alicyclic amines) is 1. The highest BCUT2D eigenvalue weighted by Gasteiger charge is 2.26. The largest absolute Gasteiger partial charge is 0.388 e. The Morgan fingerprint density at radius 1 is 1.43 bits per heavy atom. The molecule has 3 heterocycles. The molecule has 0 saturated carbocycles. The van der Waals surface area contributed by atoms with E-state index in [2.05, 4.69) is 15.0 Å². The van der Waals surface area contributed by atoms with Crippen molar-refractivity contribution in [2.24, 2.45) is 5.73 Å². The number of thiophene rings is 1. The van der Waals surface area contributed by atoms with Crippen molar-refractivity contribution in [3.05, 3.63) is 34.1 Å². The first kappa shape index (κ1) is 16.6. The van der Waals surface area contributed by atoms with E-state index in [0.717, 1.165) is 24.3 Å². The van der Waals surface area contributed by atoms with E-state index >= 15 is 0 Å². The highest BCUT2D eigenvalue weighted by Crippen LogP contribution is 2.29. The van der Waals surface area contributed by atoms with Crippen LogP contribution in [0.25, 0.3) is 0 Å². The van der Waals surface area contributed by atoms with E-state index < -0.39 is 6.10 Å². The van der Waals surface area contributed by atoms with Crippen molar-refractivity contribution in [3.63, 3.8) is 0 Å². The van der Waals surface area contributed by atoms with Gasteiger partial charge in [0.25, 0.3) is 0 Å². The standard InChI is InChI=1S/C16H24N4O2S/c17-10-16-18-15(19-22-16)11-20-7-3-1-2-5-12(20)9-13(21)14-6-4-8-23-14/h4,6,8,12-13,21H,1-3,5,7,9-11,17H2. The van der Waals surface area contributed by atoms with Crippen LogP contribution >= 0.6 is 11.3 Å². The molecule has 126 valence electrons.